The Kier molecular flexibility index (Phi) is 3.21. The van der Waals surface area contributed by atoms with Crippen molar-refractivity contribution >= 4 is 0 Å². The van der Waals surface area contributed by atoms with Crippen molar-refractivity contribution in [3.8, 4) is 0 Å². The fourth-order valence-electron chi connectivity index (χ4n) is 3.08. The SMILES string of the molecule is CCc1ccc(CN2CCC3CCC(C2)N3)o1. The lowest BCUT2D eigenvalue weighted by molar-refractivity contribution is 0.230. The number of fused-ring (bicyclic) bond motifs is 2. The molecule has 2 saturated heterocycles. The molecule has 1 aromatic heterocycles. The largest absolute Gasteiger partial charge is 0.465 e. The Hall–Kier alpha value is -0.800. The fraction of sp³-hybridized carbons (Fsp3) is 0.714. The van der Waals surface area contributed by atoms with Gasteiger partial charge in [0.25, 0.3) is 0 Å². The van der Waals surface area contributed by atoms with Crippen molar-refractivity contribution in [3.05, 3.63) is 23.7 Å². The minimum Gasteiger partial charge on any atom is -0.465 e. The maximum absolute atomic E-state index is 5.79. The number of rotatable bonds is 3. The number of hydrogen-bond acceptors (Lipinski definition) is 3. The third-order valence-corrected chi connectivity index (χ3v) is 4.05. The normalized spacial score (nSPS) is 29.5. The smallest absolute Gasteiger partial charge is 0.118 e. The summed E-state index contributed by atoms with van der Waals surface area (Å²) in [5.74, 6) is 2.23. The highest BCUT2D eigenvalue weighted by Crippen LogP contribution is 2.22. The summed E-state index contributed by atoms with van der Waals surface area (Å²) in [5, 5.41) is 3.71. The van der Waals surface area contributed by atoms with E-state index >= 15 is 0 Å². The molecule has 94 valence electrons. The second kappa shape index (κ2) is 4.83. The second-order valence-electron chi connectivity index (χ2n) is 5.38. The van der Waals surface area contributed by atoms with E-state index < -0.39 is 0 Å². The summed E-state index contributed by atoms with van der Waals surface area (Å²) in [7, 11) is 0. The first-order valence-corrected chi connectivity index (χ1v) is 6.89. The van der Waals surface area contributed by atoms with Crippen LogP contribution in [0.25, 0.3) is 0 Å². The molecule has 0 saturated carbocycles. The molecule has 2 unspecified atom stereocenters. The lowest BCUT2D eigenvalue weighted by Gasteiger charge is -2.22. The lowest BCUT2D eigenvalue weighted by atomic mass is 10.1. The minimum absolute atomic E-state index is 0.711. The zero-order valence-electron chi connectivity index (χ0n) is 10.6. The van der Waals surface area contributed by atoms with Crippen molar-refractivity contribution in [1.29, 1.82) is 0 Å². The maximum atomic E-state index is 5.79. The van der Waals surface area contributed by atoms with Gasteiger partial charge in [-0.2, -0.15) is 0 Å². The average Bonchev–Trinajstić information content (AvgIpc) is 2.89. The first-order chi connectivity index (χ1) is 8.33. The van der Waals surface area contributed by atoms with E-state index in [0.717, 1.165) is 30.5 Å². The summed E-state index contributed by atoms with van der Waals surface area (Å²) in [5.41, 5.74) is 0. The number of nitrogens with one attached hydrogen (secondary N) is 1. The molecule has 2 atom stereocenters. The predicted molar refractivity (Wildman–Crippen MR) is 67.9 cm³/mol. The fourth-order valence-corrected chi connectivity index (χ4v) is 3.08. The monoisotopic (exact) mass is 234 g/mol. The molecule has 0 amide bonds. The van der Waals surface area contributed by atoms with Crippen molar-refractivity contribution in [2.24, 2.45) is 0 Å². The number of furan rings is 1. The highest BCUT2D eigenvalue weighted by atomic mass is 16.3. The van der Waals surface area contributed by atoms with E-state index in [2.05, 4.69) is 29.3 Å². The van der Waals surface area contributed by atoms with Crippen LogP contribution in [0.3, 0.4) is 0 Å². The van der Waals surface area contributed by atoms with Gasteiger partial charge in [-0.25, -0.2) is 0 Å². The van der Waals surface area contributed by atoms with Crippen molar-refractivity contribution in [3.63, 3.8) is 0 Å². The number of nitrogens with zero attached hydrogens (tertiary/aromatic N) is 1. The van der Waals surface area contributed by atoms with Gasteiger partial charge in [-0.05, 0) is 31.4 Å². The molecule has 0 spiro atoms. The minimum atomic E-state index is 0.711. The number of hydrogen-bond donors (Lipinski definition) is 1. The van der Waals surface area contributed by atoms with Gasteiger partial charge in [-0.15, -0.1) is 0 Å². The Balaban J connectivity index is 1.61. The zero-order valence-corrected chi connectivity index (χ0v) is 10.6. The average molecular weight is 234 g/mol. The third-order valence-electron chi connectivity index (χ3n) is 4.05. The quantitative estimate of drug-likeness (QED) is 0.869. The van der Waals surface area contributed by atoms with Gasteiger partial charge in [0.15, 0.2) is 0 Å². The lowest BCUT2D eigenvalue weighted by Crippen LogP contribution is -2.34. The molecule has 3 heterocycles. The summed E-state index contributed by atoms with van der Waals surface area (Å²) in [6.45, 7) is 5.50. The molecule has 2 aliphatic rings. The Morgan fingerprint density at radius 2 is 2.06 bits per heavy atom. The highest BCUT2D eigenvalue weighted by Gasteiger charge is 2.29. The third kappa shape index (κ3) is 2.55. The van der Waals surface area contributed by atoms with E-state index in [1.165, 1.54) is 32.4 Å². The Morgan fingerprint density at radius 3 is 2.88 bits per heavy atom. The van der Waals surface area contributed by atoms with Gasteiger partial charge in [0.05, 0.1) is 6.54 Å². The molecule has 3 nitrogen and oxygen atoms in total. The van der Waals surface area contributed by atoms with Crippen LogP contribution < -0.4 is 5.32 Å². The topological polar surface area (TPSA) is 28.4 Å². The molecule has 0 aromatic carbocycles. The molecule has 1 aromatic rings. The van der Waals surface area contributed by atoms with Crippen LogP contribution in [-0.4, -0.2) is 30.1 Å². The molecule has 2 fully saturated rings. The molecular weight excluding hydrogens is 212 g/mol. The van der Waals surface area contributed by atoms with Crippen molar-refractivity contribution in [2.75, 3.05) is 13.1 Å². The summed E-state index contributed by atoms with van der Waals surface area (Å²) in [4.78, 5) is 2.54. The van der Waals surface area contributed by atoms with Crippen LogP contribution in [0.4, 0.5) is 0 Å². The van der Waals surface area contributed by atoms with Gasteiger partial charge in [-0.1, -0.05) is 6.92 Å². The highest BCUT2D eigenvalue weighted by molar-refractivity contribution is 5.07. The molecule has 3 heteroatoms. The van der Waals surface area contributed by atoms with E-state index in [4.69, 9.17) is 4.42 Å². The van der Waals surface area contributed by atoms with Gasteiger partial charge in [0.1, 0.15) is 11.5 Å². The summed E-state index contributed by atoms with van der Waals surface area (Å²) < 4.78 is 5.79. The van der Waals surface area contributed by atoms with Gasteiger partial charge < -0.3 is 9.73 Å². The molecular formula is C14H22N2O. The van der Waals surface area contributed by atoms with Gasteiger partial charge in [0, 0.05) is 31.6 Å². The van der Waals surface area contributed by atoms with Crippen molar-refractivity contribution in [1.82, 2.24) is 10.2 Å². The Labute approximate surface area is 103 Å². The maximum Gasteiger partial charge on any atom is 0.118 e. The molecule has 0 radical (unpaired) electrons. The van der Waals surface area contributed by atoms with Gasteiger partial charge in [-0.3, -0.25) is 4.90 Å². The Morgan fingerprint density at radius 1 is 1.24 bits per heavy atom. The second-order valence-corrected chi connectivity index (χ2v) is 5.38. The van der Waals surface area contributed by atoms with Crippen molar-refractivity contribution < 1.29 is 4.42 Å². The molecule has 2 aliphatic heterocycles. The van der Waals surface area contributed by atoms with Crippen molar-refractivity contribution in [2.45, 2.75) is 51.2 Å². The van der Waals surface area contributed by atoms with Crippen LogP contribution in [0.1, 0.15) is 37.7 Å². The van der Waals surface area contributed by atoms with E-state index in [1.807, 2.05) is 0 Å². The first kappa shape index (κ1) is 11.3. The summed E-state index contributed by atoms with van der Waals surface area (Å²) >= 11 is 0. The number of likely N-dealkylation sites (tertiary alicyclic amines) is 1. The van der Waals surface area contributed by atoms with Crippen LogP contribution in [0.15, 0.2) is 16.5 Å². The molecule has 1 N–H and O–H groups in total. The first-order valence-electron chi connectivity index (χ1n) is 6.89. The molecule has 0 aliphatic carbocycles. The Bertz CT molecular complexity index is 374. The molecule has 17 heavy (non-hydrogen) atoms. The zero-order chi connectivity index (χ0) is 11.7. The van der Waals surface area contributed by atoms with E-state index in [1.54, 1.807) is 0 Å². The van der Waals surface area contributed by atoms with Crippen LogP contribution in [0.2, 0.25) is 0 Å². The predicted octanol–water partition coefficient (Wildman–Crippen LogP) is 2.17. The van der Waals surface area contributed by atoms with Gasteiger partial charge >= 0.3 is 0 Å². The molecule has 3 rings (SSSR count). The van der Waals surface area contributed by atoms with E-state index in [9.17, 15) is 0 Å². The van der Waals surface area contributed by atoms with Gasteiger partial charge in [0.2, 0.25) is 0 Å². The molecule has 2 bridgehead atoms. The van der Waals surface area contributed by atoms with Crippen LogP contribution >= 0.6 is 0 Å². The van der Waals surface area contributed by atoms with Crippen LogP contribution in [-0.2, 0) is 13.0 Å². The summed E-state index contributed by atoms with van der Waals surface area (Å²) in [6, 6.07) is 5.73. The van der Waals surface area contributed by atoms with E-state index in [0.29, 0.717) is 6.04 Å². The standard InChI is InChI=1S/C14H22N2O/c1-2-13-5-6-14(17-13)10-16-8-7-11-3-4-12(9-16)15-11/h5-6,11-12,15H,2-4,7-10H2,1H3. The number of aryl methyl sites for hydroxylation is 1. The summed E-state index contributed by atoms with van der Waals surface area (Å²) in [6.07, 6.45) is 5.00. The van der Waals surface area contributed by atoms with E-state index in [-0.39, 0.29) is 0 Å². The van der Waals surface area contributed by atoms with Crippen LogP contribution in [0, 0.1) is 0 Å². The van der Waals surface area contributed by atoms with Crippen LogP contribution in [0.5, 0.6) is 0 Å².